The zero-order chi connectivity index (χ0) is 12.8. The van der Waals surface area contributed by atoms with E-state index in [1.54, 1.807) is 4.90 Å². The summed E-state index contributed by atoms with van der Waals surface area (Å²) in [5, 5.41) is 11.0. The third kappa shape index (κ3) is 4.60. The Balaban J connectivity index is 2.60. The van der Waals surface area contributed by atoms with E-state index in [1.165, 1.54) is 0 Å². The second kappa shape index (κ2) is 6.44. The summed E-state index contributed by atoms with van der Waals surface area (Å²) >= 11 is 0. The molecule has 6 nitrogen and oxygen atoms in total. The van der Waals surface area contributed by atoms with Crippen molar-refractivity contribution in [3.8, 4) is 0 Å². The Morgan fingerprint density at radius 2 is 1.94 bits per heavy atom. The molecule has 2 N–H and O–H groups in total. The molecule has 1 aliphatic heterocycles. The molecular formula is C11H20N2O4. The summed E-state index contributed by atoms with van der Waals surface area (Å²) in [6, 6.07) is -0.648. The van der Waals surface area contributed by atoms with E-state index in [4.69, 9.17) is 9.84 Å². The summed E-state index contributed by atoms with van der Waals surface area (Å²) in [5.41, 5.74) is 0. The molecule has 1 saturated heterocycles. The molecule has 0 aromatic rings. The lowest BCUT2D eigenvalue weighted by molar-refractivity contribution is -0.137. The van der Waals surface area contributed by atoms with E-state index in [1.807, 2.05) is 13.8 Å². The van der Waals surface area contributed by atoms with Crippen LogP contribution >= 0.6 is 0 Å². The second-order valence-electron chi connectivity index (χ2n) is 4.57. The van der Waals surface area contributed by atoms with E-state index in [2.05, 4.69) is 5.32 Å². The zero-order valence-electron chi connectivity index (χ0n) is 10.3. The molecule has 98 valence electrons. The monoisotopic (exact) mass is 244 g/mol. The lowest BCUT2D eigenvalue weighted by atomic mass is 10.0. The number of carbonyl (C=O) groups is 2. The van der Waals surface area contributed by atoms with Crippen molar-refractivity contribution in [3.63, 3.8) is 0 Å². The highest BCUT2D eigenvalue weighted by Gasteiger charge is 2.27. The summed E-state index contributed by atoms with van der Waals surface area (Å²) in [6.07, 6.45) is -0.639. The predicted molar refractivity (Wildman–Crippen MR) is 61.8 cm³/mol. The number of nitrogens with zero attached hydrogens (tertiary/aromatic N) is 1. The fourth-order valence-corrected chi connectivity index (χ4v) is 1.85. The van der Waals surface area contributed by atoms with Crippen LogP contribution in [0.4, 0.5) is 4.79 Å². The lowest BCUT2D eigenvalue weighted by Crippen LogP contribution is -2.51. The van der Waals surface area contributed by atoms with Crippen LogP contribution in [0.2, 0.25) is 0 Å². The van der Waals surface area contributed by atoms with Crippen LogP contribution in [0.3, 0.4) is 0 Å². The number of rotatable bonds is 4. The van der Waals surface area contributed by atoms with Gasteiger partial charge in [0, 0.05) is 13.1 Å². The van der Waals surface area contributed by atoms with Crippen LogP contribution < -0.4 is 5.32 Å². The smallest absolute Gasteiger partial charge is 0.405 e. The molecule has 17 heavy (non-hydrogen) atoms. The molecule has 1 rings (SSSR count). The van der Waals surface area contributed by atoms with Crippen molar-refractivity contribution in [3.05, 3.63) is 0 Å². The van der Waals surface area contributed by atoms with E-state index in [9.17, 15) is 9.59 Å². The number of hydrogen-bond acceptors (Lipinski definition) is 3. The molecule has 0 aromatic carbocycles. The predicted octanol–water partition coefficient (Wildman–Crippen LogP) is 0.527. The number of hydrogen-bond donors (Lipinski definition) is 2. The summed E-state index contributed by atoms with van der Waals surface area (Å²) in [6.45, 7) is 6.04. The van der Waals surface area contributed by atoms with Crippen molar-refractivity contribution >= 4 is 12.0 Å². The summed E-state index contributed by atoms with van der Waals surface area (Å²) in [7, 11) is 0. The lowest BCUT2D eigenvalue weighted by Gasteiger charge is -2.30. The number of carbonyl (C=O) groups excluding carboxylic acids is 1. The normalized spacial score (nSPS) is 17.9. The molecule has 6 heteroatoms. The molecule has 1 unspecified atom stereocenters. The summed E-state index contributed by atoms with van der Waals surface area (Å²) < 4.78 is 5.16. The van der Waals surface area contributed by atoms with Crippen molar-refractivity contribution < 1.29 is 19.4 Å². The number of carboxylic acid groups (broad SMARTS) is 1. The van der Waals surface area contributed by atoms with Gasteiger partial charge < -0.3 is 20.1 Å². The number of ether oxygens (including phenoxy) is 1. The van der Waals surface area contributed by atoms with Crippen molar-refractivity contribution in [1.29, 1.82) is 0 Å². The Kier molecular flexibility index (Phi) is 5.21. The maximum atomic E-state index is 12.1. The Morgan fingerprint density at radius 3 is 2.41 bits per heavy atom. The Bertz CT molecular complexity index is 275. The molecular weight excluding hydrogens is 224 g/mol. The van der Waals surface area contributed by atoms with E-state index < -0.39 is 12.1 Å². The molecule has 0 spiro atoms. The van der Waals surface area contributed by atoms with Crippen LogP contribution in [0.15, 0.2) is 0 Å². The molecule has 1 heterocycles. The number of amides is 2. The van der Waals surface area contributed by atoms with Gasteiger partial charge in [-0.1, -0.05) is 13.8 Å². The van der Waals surface area contributed by atoms with E-state index >= 15 is 0 Å². The van der Waals surface area contributed by atoms with Gasteiger partial charge in [0.15, 0.2) is 0 Å². The first kappa shape index (κ1) is 13.8. The van der Waals surface area contributed by atoms with Gasteiger partial charge in [0.25, 0.3) is 0 Å². The number of nitrogens with one attached hydrogen (secondary N) is 1. The van der Waals surface area contributed by atoms with Crippen LogP contribution in [0.1, 0.15) is 20.3 Å². The van der Waals surface area contributed by atoms with Crippen LogP contribution in [0.25, 0.3) is 0 Å². The Hall–Kier alpha value is -1.30. The minimum atomic E-state index is -1.16. The van der Waals surface area contributed by atoms with Crippen molar-refractivity contribution in [2.45, 2.75) is 26.3 Å². The van der Waals surface area contributed by atoms with E-state index in [0.29, 0.717) is 32.7 Å². The average Bonchev–Trinajstić information content (AvgIpc) is 2.27. The van der Waals surface area contributed by atoms with Gasteiger partial charge >= 0.3 is 6.09 Å². The zero-order valence-corrected chi connectivity index (χ0v) is 10.3. The van der Waals surface area contributed by atoms with Gasteiger partial charge in [-0.05, 0) is 12.3 Å². The molecule has 1 aliphatic rings. The highest BCUT2D eigenvalue weighted by Crippen LogP contribution is 2.09. The van der Waals surface area contributed by atoms with Gasteiger partial charge in [0.1, 0.15) is 6.04 Å². The third-order valence-corrected chi connectivity index (χ3v) is 2.63. The molecule has 0 radical (unpaired) electrons. The topological polar surface area (TPSA) is 78.9 Å². The molecule has 0 saturated carbocycles. The van der Waals surface area contributed by atoms with Crippen LogP contribution in [-0.4, -0.2) is 54.4 Å². The minimum Gasteiger partial charge on any atom is -0.465 e. The second-order valence-corrected chi connectivity index (χ2v) is 4.57. The summed E-state index contributed by atoms with van der Waals surface area (Å²) in [4.78, 5) is 24.4. The van der Waals surface area contributed by atoms with Gasteiger partial charge in [-0.2, -0.15) is 0 Å². The van der Waals surface area contributed by atoms with E-state index in [-0.39, 0.29) is 11.8 Å². The van der Waals surface area contributed by atoms with Gasteiger partial charge in [-0.25, -0.2) is 4.79 Å². The first-order valence-corrected chi connectivity index (χ1v) is 5.86. The molecule has 0 aliphatic carbocycles. The van der Waals surface area contributed by atoms with Gasteiger partial charge in [-0.15, -0.1) is 0 Å². The van der Waals surface area contributed by atoms with Gasteiger partial charge in [-0.3, -0.25) is 4.79 Å². The highest BCUT2D eigenvalue weighted by atomic mass is 16.5. The Morgan fingerprint density at radius 1 is 1.35 bits per heavy atom. The number of morpholine rings is 1. The fraction of sp³-hybridized carbons (Fsp3) is 0.818. The minimum absolute atomic E-state index is 0.149. The Labute approximate surface area is 101 Å². The summed E-state index contributed by atoms with van der Waals surface area (Å²) in [5.74, 6) is 0.112. The van der Waals surface area contributed by atoms with Gasteiger partial charge in [0.2, 0.25) is 5.91 Å². The highest BCUT2D eigenvalue weighted by molar-refractivity contribution is 5.85. The van der Waals surface area contributed by atoms with Crippen LogP contribution in [0, 0.1) is 5.92 Å². The van der Waals surface area contributed by atoms with Crippen LogP contribution in [0.5, 0.6) is 0 Å². The SMILES string of the molecule is CC(C)CC(NC(=O)O)C(=O)N1CCOCC1. The molecule has 1 atom stereocenters. The van der Waals surface area contributed by atoms with Crippen molar-refractivity contribution in [1.82, 2.24) is 10.2 Å². The van der Waals surface area contributed by atoms with Crippen molar-refractivity contribution in [2.75, 3.05) is 26.3 Å². The van der Waals surface area contributed by atoms with Crippen LogP contribution in [-0.2, 0) is 9.53 Å². The average molecular weight is 244 g/mol. The maximum Gasteiger partial charge on any atom is 0.405 e. The fourth-order valence-electron chi connectivity index (χ4n) is 1.85. The maximum absolute atomic E-state index is 12.1. The molecule has 2 amide bonds. The van der Waals surface area contributed by atoms with Gasteiger partial charge in [0.05, 0.1) is 13.2 Å². The third-order valence-electron chi connectivity index (χ3n) is 2.63. The first-order valence-electron chi connectivity index (χ1n) is 5.86. The molecule has 1 fully saturated rings. The van der Waals surface area contributed by atoms with Crippen molar-refractivity contribution in [2.24, 2.45) is 5.92 Å². The largest absolute Gasteiger partial charge is 0.465 e. The quantitative estimate of drug-likeness (QED) is 0.756. The van der Waals surface area contributed by atoms with E-state index in [0.717, 1.165) is 0 Å². The standard InChI is InChI=1S/C11H20N2O4/c1-8(2)7-9(12-11(15)16)10(14)13-3-5-17-6-4-13/h8-9,12H,3-7H2,1-2H3,(H,15,16). The molecule has 0 aromatic heterocycles. The molecule has 0 bridgehead atoms. The first-order chi connectivity index (χ1) is 8.00.